The number of para-hydroxylation sites is 1. The Morgan fingerprint density at radius 2 is 1.92 bits per heavy atom. The number of hydrogen-bond acceptors (Lipinski definition) is 7. The van der Waals surface area contributed by atoms with Crippen molar-refractivity contribution >= 4 is 0 Å². The van der Waals surface area contributed by atoms with Crippen LogP contribution in [0.1, 0.15) is 24.8 Å². The zero-order chi connectivity index (χ0) is 18.8. The first-order chi connectivity index (χ1) is 12.6. The van der Waals surface area contributed by atoms with Gasteiger partial charge in [0.1, 0.15) is 24.1 Å². The zero-order valence-electron chi connectivity index (χ0n) is 15.1. The number of aliphatic hydroxyl groups is 4. The highest BCUT2D eigenvalue weighted by Gasteiger charge is 2.32. The number of aryl methyl sites for hydroxylation is 1. The van der Waals surface area contributed by atoms with Crippen LogP contribution < -0.4 is 10.1 Å². The molecule has 0 saturated carbocycles. The predicted octanol–water partition coefficient (Wildman–Crippen LogP) is -0.158. The van der Waals surface area contributed by atoms with Gasteiger partial charge in [0.05, 0.1) is 19.3 Å². The van der Waals surface area contributed by atoms with Crippen LogP contribution in [0.3, 0.4) is 0 Å². The molecule has 0 unspecified atom stereocenters. The Bertz CT molecular complexity index is 515. The van der Waals surface area contributed by atoms with Gasteiger partial charge in [-0.05, 0) is 43.9 Å². The molecule has 1 aromatic carbocycles. The molecule has 5 N–H and O–H groups in total. The van der Waals surface area contributed by atoms with E-state index in [4.69, 9.17) is 9.47 Å². The van der Waals surface area contributed by atoms with Crippen molar-refractivity contribution in [1.82, 2.24) is 5.32 Å². The monoisotopic (exact) mass is 369 g/mol. The summed E-state index contributed by atoms with van der Waals surface area (Å²) in [7, 11) is 0. The summed E-state index contributed by atoms with van der Waals surface area (Å²) in [5.41, 5.74) is 1.15. The third-order valence-electron chi connectivity index (χ3n) is 4.53. The summed E-state index contributed by atoms with van der Waals surface area (Å²) in [5.74, 6) is 0.893. The van der Waals surface area contributed by atoms with E-state index in [1.165, 1.54) is 0 Å². The van der Waals surface area contributed by atoms with Crippen LogP contribution in [0.15, 0.2) is 24.3 Å². The van der Waals surface area contributed by atoms with Crippen molar-refractivity contribution in [2.45, 2.75) is 50.1 Å². The third-order valence-corrected chi connectivity index (χ3v) is 4.53. The summed E-state index contributed by atoms with van der Waals surface area (Å²) in [6, 6.07) is 7.97. The molecule has 1 heterocycles. The van der Waals surface area contributed by atoms with E-state index in [9.17, 15) is 20.4 Å². The van der Waals surface area contributed by atoms with Gasteiger partial charge in [0.2, 0.25) is 0 Å². The fraction of sp³-hybridized carbons (Fsp3) is 0.684. The number of β-amino-alcohol motifs (C(OH)–C–C–N with tert-alkyl or cyclic N) is 1. The Morgan fingerprint density at radius 3 is 2.73 bits per heavy atom. The van der Waals surface area contributed by atoms with E-state index in [2.05, 4.69) is 11.4 Å². The minimum Gasteiger partial charge on any atom is -0.493 e. The molecule has 1 aliphatic heterocycles. The van der Waals surface area contributed by atoms with Crippen LogP contribution in [-0.4, -0.2) is 77.8 Å². The molecule has 7 heteroatoms. The average molecular weight is 369 g/mol. The second-order valence-electron chi connectivity index (χ2n) is 6.61. The molecule has 0 radical (unpaired) electrons. The number of fused-ring (bicyclic) bond motifs is 1. The van der Waals surface area contributed by atoms with E-state index in [1.54, 1.807) is 0 Å². The number of nitrogens with one attached hydrogen (secondary N) is 1. The van der Waals surface area contributed by atoms with Crippen molar-refractivity contribution in [3.8, 4) is 5.75 Å². The fourth-order valence-electron chi connectivity index (χ4n) is 3.00. The van der Waals surface area contributed by atoms with Crippen LogP contribution in [0.25, 0.3) is 0 Å². The normalized spacial score (nSPS) is 27.9. The first kappa shape index (κ1) is 21.1. The summed E-state index contributed by atoms with van der Waals surface area (Å²) in [6.45, 7) is 1.14. The Hall–Kier alpha value is -1.22. The molecule has 0 saturated heterocycles. The first-order valence-corrected chi connectivity index (χ1v) is 9.31. The molecule has 7 nitrogen and oxygen atoms in total. The molecule has 26 heavy (non-hydrogen) atoms. The molecule has 4 atom stereocenters. The Kier molecular flexibility index (Phi) is 9.31. The summed E-state index contributed by atoms with van der Waals surface area (Å²) in [5, 5.41) is 42.5. The van der Waals surface area contributed by atoms with Gasteiger partial charge in [0.25, 0.3) is 0 Å². The van der Waals surface area contributed by atoms with Crippen molar-refractivity contribution in [3.63, 3.8) is 0 Å². The number of aliphatic hydroxyl groups excluding tert-OH is 4. The lowest BCUT2D eigenvalue weighted by Crippen LogP contribution is -2.50. The van der Waals surface area contributed by atoms with Gasteiger partial charge in [0.15, 0.2) is 0 Å². The minimum atomic E-state index is -1.28. The summed E-state index contributed by atoms with van der Waals surface area (Å²) < 4.78 is 11.4. The van der Waals surface area contributed by atoms with E-state index in [1.807, 2.05) is 18.2 Å². The highest BCUT2D eigenvalue weighted by atomic mass is 16.5. The lowest BCUT2D eigenvalue weighted by atomic mass is 10.0. The van der Waals surface area contributed by atoms with Gasteiger partial charge in [-0.25, -0.2) is 0 Å². The van der Waals surface area contributed by atoms with E-state index < -0.39 is 31.0 Å². The SMILES string of the molecule is OC[C@@H](O)[C@H]1OCCCCc2ccccc2OCCCNC[C@@H](O)[C@H]1O. The highest BCUT2D eigenvalue weighted by molar-refractivity contribution is 5.33. The largest absolute Gasteiger partial charge is 0.493 e. The van der Waals surface area contributed by atoms with Crippen LogP contribution >= 0.6 is 0 Å². The molecule has 0 spiro atoms. The molecule has 1 aromatic rings. The van der Waals surface area contributed by atoms with Crippen LogP contribution in [0, 0.1) is 0 Å². The molecule has 0 bridgehead atoms. The van der Waals surface area contributed by atoms with Gasteiger partial charge in [-0.3, -0.25) is 0 Å². The average Bonchev–Trinajstić information content (AvgIpc) is 2.66. The second kappa shape index (κ2) is 11.5. The molecule has 148 valence electrons. The molecule has 1 aliphatic rings. The maximum absolute atomic E-state index is 10.3. The quantitative estimate of drug-likeness (QED) is 0.493. The molecule has 2 rings (SSSR count). The zero-order valence-corrected chi connectivity index (χ0v) is 15.1. The highest BCUT2D eigenvalue weighted by Crippen LogP contribution is 2.20. The summed E-state index contributed by atoms with van der Waals surface area (Å²) >= 11 is 0. The first-order valence-electron chi connectivity index (χ1n) is 9.31. The molecule has 0 amide bonds. The maximum atomic E-state index is 10.3. The van der Waals surface area contributed by atoms with Crippen LogP contribution in [0.2, 0.25) is 0 Å². The van der Waals surface area contributed by atoms with E-state index >= 15 is 0 Å². The minimum absolute atomic E-state index is 0.162. The van der Waals surface area contributed by atoms with Crippen LogP contribution in [0.4, 0.5) is 0 Å². The van der Waals surface area contributed by atoms with E-state index in [0.29, 0.717) is 19.8 Å². The smallest absolute Gasteiger partial charge is 0.122 e. The molecular weight excluding hydrogens is 338 g/mol. The summed E-state index contributed by atoms with van der Waals surface area (Å²) in [4.78, 5) is 0. The van der Waals surface area contributed by atoms with Crippen LogP contribution in [-0.2, 0) is 11.2 Å². The van der Waals surface area contributed by atoms with Crippen molar-refractivity contribution in [2.24, 2.45) is 0 Å². The predicted molar refractivity (Wildman–Crippen MR) is 97.2 cm³/mol. The van der Waals surface area contributed by atoms with E-state index in [0.717, 1.165) is 37.0 Å². The molecular formula is C19H31NO6. The fourth-order valence-corrected chi connectivity index (χ4v) is 3.00. The molecule has 0 fully saturated rings. The second-order valence-corrected chi connectivity index (χ2v) is 6.61. The Labute approximate surface area is 154 Å². The van der Waals surface area contributed by atoms with Crippen LogP contribution in [0.5, 0.6) is 5.75 Å². The topological polar surface area (TPSA) is 111 Å². The van der Waals surface area contributed by atoms with Gasteiger partial charge in [-0.15, -0.1) is 0 Å². The van der Waals surface area contributed by atoms with Gasteiger partial charge >= 0.3 is 0 Å². The lowest BCUT2D eigenvalue weighted by molar-refractivity contribution is -0.142. The lowest BCUT2D eigenvalue weighted by Gasteiger charge is -2.30. The van der Waals surface area contributed by atoms with Gasteiger partial charge < -0.3 is 35.2 Å². The third kappa shape index (κ3) is 6.50. The van der Waals surface area contributed by atoms with Crippen molar-refractivity contribution in [2.75, 3.05) is 32.9 Å². The van der Waals surface area contributed by atoms with Crippen molar-refractivity contribution < 1.29 is 29.9 Å². The number of rotatable bonds is 2. The maximum Gasteiger partial charge on any atom is 0.122 e. The Morgan fingerprint density at radius 1 is 1.12 bits per heavy atom. The van der Waals surface area contributed by atoms with E-state index in [-0.39, 0.29) is 6.54 Å². The molecule has 0 aromatic heterocycles. The number of benzene rings is 1. The number of hydrogen-bond donors (Lipinski definition) is 5. The van der Waals surface area contributed by atoms with Gasteiger partial charge in [0, 0.05) is 13.2 Å². The Balaban J connectivity index is 2.00. The molecule has 0 aliphatic carbocycles. The van der Waals surface area contributed by atoms with Crippen molar-refractivity contribution in [1.29, 1.82) is 0 Å². The van der Waals surface area contributed by atoms with Gasteiger partial charge in [-0.1, -0.05) is 18.2 Å². The standard InChI is InChI=1S/C19H31NO6/c21-13-16(23)19-18(24)15(22)12-20-9-5-11-25-17-8-2-1-6-14(17)7-3-4-10-26-19/h1-2,6,8,15-16,18-24H,3-5,7,9-13H2/t15-,16-,18-,19-/m1/s1. The number of ether oxygens (including phenoxy) is 2. The summed E-state index contributed by atoms with van der Waals surface area (Å²) in [6.07, 6.45) is -1.46. The van der Waals surface area contributed by atoms with Crippen molar-refractivity contribution in [3.05, 3.63) is 29.8 Å². The van der Waals surface area contributed by atoms with Gasteiger partial charge in [-0.2, -0.15) is 0 Å².